The predicted molar refractivity (Wildman–Crippen MR) is 82.0 cm³/mol. The molecule has 1 aliphatic carbocycles. The van der Waals surface area contributed by atoms with Gasteiger partial charge in [0.25, 0.3) is 0 Å². The van der Waals surface area contributed by atoms with Crippen LogP contribution >= 0.6 is 0 Å². The number of aliphatic hydroxyl groups is 1. The van der Waals surface area contributed by atoms with Gasteiger partial charge in [0.05, 0.1) is 19.1 Å². The first-order chi connectivity index (χ1) is 11.1. The maximum Gasteiger partial charge on any atom is 0.309 e. The zero-order valence-corrected chi connectivity index (χ0v) is 13.1. The minimum atomic E-state index is -0.894. The Morgan fingerprint density at radius 2 is 2.04 bits per heavy atom. The molecule has 0 radical (unpaired) electrons. The zero-order valence-electron chi connectivity index (χ0n) is 13.1. The van der Waals surface area contributed by atoms with E-state index < -0.39 is 24.3 Å². The summed E-state index contributed by atoms with van der Waals surface area (Å²) in [4.78, 5) is 12.0. The fourth-order valence-electron chi connectivity index (χ4n) is 3.11. The van der Waals surface area contributed by atoms with Crippen molar-refractivity contribution in [2.45, 2.75) is 43.7 Å². The van der Waals surface area contributed by atoms with Crippen LogP contribution < -0.4 is 10.1 Å². The van der Waals surface area contributed by atoms with Crippen molar-refractivity contribution >= 4 is 5.97 Å². The highest BCUT2D eigenvalue weighted by Crippen LogP contribution is 2.32. The van der Waals surface area contributed by atoms with Crippen LogP contribution in [0.5, 0.6) is 5.75 Å². The Morgan fingerprint density at radius 3 is 2.65 bits per heavy atom. The number of hydrogen-bond donors (Lipinski definition) is 2. The van der Waals surface area contributed by atoms with Gasteiger partial charge in [-0.25, -0.2) is 4.39 Å². The van der Waals surface area contributed by atoms with Gasteiger partial charge in [0, 0.05) is 6.54 Å². The Labute approximate surface area is 134 Å². The standard InChI is InChI=1S/C17H22FNO4/c1-22-13-4-2-10(3-5-13)6-14-16(15(20)9-19-14)23-17(21)11-7-12(18)8-11/h2-5,11-12,14-16,19-20H,6-9H2,1H3/t11?,12?,14-,15+,16+/m1/s1. The van der Waals surface area contributed by atoms with Crippen molar-refractivity contribution < 1.29 is 23.8 Å². The number of halogens is 1. The molecule has 0 amide bonds. The number of methoxy groups -OCH3 is 1. The third-order valence-corrected chi connectivity index (χ3v) is 4.65. The van der Waals surface area contributed by atoms with Gasteiger partial charge >= 0.3 is 5.97 Å². The summed E-state index contributed by atoms with van der Waals surface area (Å²) in [5, 5.41) is 13.2. The SMILES string of the molecule is COc1ccc(C[C@H]2NC[C@H](O)[C@H]2OC(=O)C2CC(F)C2)cc1. The smallest absolute Gasteiger partial charge is 0.309 e. The molecule has 23 heavy (non-hydrogen) atoms. The Bertz CT molecular complexity index is 544. The normalized spacial score (nSPS) is 33.1. The van der Waals surface area contributed by atoms with Crippen molar-refractivity contribution in [1.82, 2.24) is 5.32 Å². The van der Waals surface area contributed by atoms with Gasteiger partial charge in [-0.1, -0.05) is 12.1 Å². The number of benzene rings is 1. The maximum absolute atomic E-state index is 12.9. The lowest BCUT2D eigenvalue weighted by Gasteiger charge is -2.30. The predicted octanol–water partition coefficient (Wildman–Crippen LogP) is 1.23. The van der Waals surface area contributed by atoms with E-state index in [1.54, 1.807) is 7.11 Å². The van der Waals surface area contributed by atoms with E-state index in [2.05, 4.69) is 5.32 Å². The summed E-state index contributed by atoms with van der Waals surface area (Å²) < 4.78 is 23.5. The molecule has 1 aromatic rings. The number of hydrogen-bond acceptors (Lipinski definition) is 5. The quantitative estimate of drug-likeness (QED) is 0.798. The number of carbonyl (C=O) groups is 1. The number of aliphatic hydroxyl groups excluding tert-OH is 1. The largest absolute Gasteiger partial charge is 0.497 e. The molecule has 3 atom stereocenters. The minimum absolute atomic E-state index is 0.149. The summed E-state index contributed by atoms with van der Waals surface area (Å²) in [6, 6.07) is 7.49. The summed E-state index contributed by atoms with van der Waals surface area (Å²) >= 11 is 0. The van der Waals surface area contributed by atoms with Gasteiger partial charge < -0.3 is 19.9 Å². The molecule has 0 unspecified atom stereocenters. The first kappa shape index (κ1) is 16.2. The van der Waals surface area contributed by atoms with Crippen LogP contribution in [0.4, 0.5) is 4.39 Å². The maximum atomic E-state index is 12.9. The van der Waals surface area contributed by atoms with Crippen LogP contribution in [0, 0.1) is 5.92 Å². The van der Waals surface area contributed by atoms with Crippen molar-refractivity contribution in [3.05, 3.63) is 29.8 Å². The number of nitrogens with one attached hydrogen (secondary N) is 1. The Balaban J connectivity index is 1.59. The summed E-state index contributed by atoms with van der Waals surface area (Å²) in [7, 11) is 1.61. The molecule has 2 fully saturated rings. The number of ether oxygens (including phenoxy) is 2. The molecule has 0 spiro atoms. The first-order valence-corrected chi connectivity index (χ1v) is 7.95. The van der Waals surface area contributed by atoms with Crippen LogP contribution in [0.2, 0.25) is 0 Å². The van der Waals surface area contributed by atoms with Gasteiger partial charge in [0.2, 0.25) is 0 Å². The summed E-state index contributed by atoms with van der Waals surface area (Å²) in [5.74, 6) is 0.0210. The lowest BCUT2D eigenvalue weighted by atomic mass is 9.83. The van der Waals surface area contributed by atoms with E-state index in [1.807, 2.05) is 24.3 Å². The molecule has 1 saturated carbocycles. The Kier molecular flexibility index (Phi) is 4.82. The fraction of sp³-hybridized carbons (Fsp3) is 0.588. The number of esters is 1. The molecule has 1 saturated heterocycles. The highest BCUT2D eigenvalue weighted by Gasteiger charge is 2.42. The zero-order chi connectivity index (χ0) is 16.4. The number of alkyl halides is 1. The molecule has 1 heterocycles. The van der Waals surface area contributed by atoms with Gasteiger partial charge in [-0.2, -0.15) is 0 Å². The molecule has 1 aromatic carbocycles. The second-order valence-electron chi connectivity index (χ2n) is 6.30. The Morgan fingerprint density at radius 1 is 1.35 bits per heavy atom. The molecule has 2 aliphatic rings. The van der Waals surface area contributed by atoms with E-state index in [0.717, 1.165) is 11.3 Å². The average molecular weight is 323 g/mol. The van der Waals surface area contributed by atoms with Crippen molar-refractivity contribution in [1.29, 1.82) is 0 Å². The highest BCUT2D eigenvalue weighted by molar-refractivity contribution is 5.74. The van der Waals surface area contributed by atoms with Crippen LogP contribution in [-0.2, 0) is 16.0 Å². The molecule has 2 N–H and O–H groups in total. The van der Waals surface area contributed by atoms with Crippen LogP contribution in [-0.4, -0.2) is 49.2 Å². The van der Waals surface area contributed by atoms with E-state index in [0.29, 0.717) is 13.0 Å². The van der Waals surface area contributed by atoms with Crippen molar-refractivity contribution in [2.24, 2.45) is 5.92 Å². The van der Waals surface area contributed by atoms with E-state index in [4.69, 9.17) is 9.47 Å². The van der Waals surface area contributed by atoms with E-state index in [9.17, 15) is 14.3 Å². The fourth-order valence-corrected chi connectivity index (χ4v) is 3.11. The van der Waals surface area contributed by atoms with Crippen molar-refractivity contribution in [3.63, 3.8) is 0 Å². The van der Waals surface area contributed by atoms with Gasteiger partial charge in [0.15, 0.2) is 0 Å². The van der Waals surface area contributed by atoms with Gasteiger partial charge in [0.1, 0.15) is 24.1 Å². The Hall–Kier alpha value is -1.66. The second kappa shape index (κ2) is 6.84. The lowest BCUT2D eigenvalue weighted by Crippen LogP contribution is -2.42. The molecular formula is C17H22FNO4. The molecule has 3 rings (SSSR count). The molecule has 0 aromatic heterocycles. The first-order valence-electron chi connectivity index (χ1n) is 7.95. The monoisotopic (exact) mass is 323 g/mol. The summed E-state index contributed by atoms with van der Waals surface area (Å²) in [6.45, 7) is 0.384. The number of rotatable bonds is 5. The third-order valence-electron chi connectivity index (χ3n) is 4.65. The van der Waals surface area contributed by atoms with E-state index in [1.165, 1.54) is 0 Å². The topological polar surface area (TPSA) is 67.8 Å². The minimum Gasteiger partial charge on any atom is -0.497 e. The number of carbonyl (C=O) groups excluding carboxylic acids is 1. The highest BCUT2D eigenvalue weighted by atomic mass is 19.1. The third kappa shape index (κ3) is 3.64. The van der Waals surface area contributed by atoms with Gasteiger partial charge in [-0.05, 0) is 37.0 Å². The lowest BCUT2D eigenvalue weighted by molar-refractivity contribution is -0.164. The summed E-state index contributed by atoms with van der Waals surface area (Å²) in [5.41, 5.74) is 1.06. The summed E-state index contributed by atoms with van der Waals surface area (Å²) in [6.07, 6.45) is -1.12. The van der Waals surface area contributed by atoms with Crippen LogP contribution in [0.25, 0.3) is 0 Å². The van der Waals surface area contributed by atoms with E-state index in [-0.39, 0.29) is 24.8 Å². The van der Waals surface area contributed by atoms with Crippen LogP contribution in [0.15, 0.2) is 24.3 Å². The van der Waals surface area contributed by atoms with Crippen LogP contribution in [0.1, 0.15) is 18.4 Å². The number of β-amino-alcohol motifs (C(OH)–C–C–N with tert-alkyl or cyclic N) is 1. The average Bonchev–Trinajstić information content (AvgIpc) is 2.85. The van der Waals surface area contributed by atoms with E-state index >= 15 is 0 Å². The molecular weight excluding hydrogens is 301 g/mol. The van der Waals surface area contributed by atoms with Gasteiger partial charge in [-0.15, -0.1) is 0 Å². The molecule has 1 aliphatic heterocycles. The molecule has 6 heteroatoms. The molecule has 0 bridgehead atoms. The van der Waals surface area contributed by atoms with Crippen molar-refractivity contribution in [3.8, 4) is 5.75 Å². The molecule has 5 nitrogen and oxygen atoms in total. The van der Waals surface area contributed by atoms with Crippen LogP contribution in [0.3, 0.4) is 0 Å². The molecule has 126 valence electrons. The van der Waals surface area contributed by atoms with Crippen molar-refractivity contribution in [2.75, 3.05) is 13.7 Å². The van der Waals surface area contributed by atoms with Gasteiger partial charge in [-0.3, -0.25) is 4.79 Å². The second-order valence-corrected chi connectivity index (χ2v) is 6.30.